The Morgan fingerprint density at radius 3 is 2.39 bits per heavy atom. The van der Waals surface area contributed by atoms with Crippen molar-refractivity contribution in [2.75, 3.05) is 0 Å². The Morgan fingerprint density at radius 2 is 1.52 bits per heavy atom. The van der Waals surface area contributed by atoms with Gasteiger partial charge in [-0.25, -0.2) is 9.97 Å². The molecular weight excluding hydrogens is 378 g/mol. The number of rotatable bonds is 1. The molecule has 31 heavy (non-hydrogen) atoms. The van der Waals surface area contributed by atoms with E-state index in [4.69, 9.17) is 9.97 Å². The second-order valence-electron chi connectivity index (χ2n) is 8.63. The lowest BCUT2D eigenvalue weighted by Crippen LogP contribution is -1.95. The molecule has 6 aromatic rings. The molecule has 0 aliphatic carbocycles. The van der Waals surface area contributed by atoms with Gasteiger partial charge in [-0.3, -0.25) is 0 Å². The number of aromatic nitrogens is 3. The Kier molecular flexibility index (Phi) is 3.73. The second kappa shape index (κ2) is 6.39. The Labute approximate surface area is 181 Å². The van der Waals surface area contributed by atoms with Gasteiger partial charge in [-0.15, -0.1) is 0 Å². The van der Waals surface area contributed by atoms with Crippen LogP contribution in [0.4, 0.5) is 0 Å². The topological polar surface area (TPSA) is 30.7 Å². The fourth-order valence-corrected chi connectivity index (χ4v) is 5.33. The predicted octanol–water partition coefficient (Wildman–Crippen LogP) is 7.02. The Hall–Kier alpha value is -3.72. The molecule has 0 N–H and O–H groups in total. The zero-order valence-electron chi connectivity index (χ0n) is 18.2. The lowest BCUT2D eigenvalue weighted by Gasteiger charge is -2.12. The van der Waals surface area contributed by atoms with Crippen molar-refractivity contribution in [1.82, 2.24) is 14.5 Å². The highest BCUT2D eigenvalue weighted by atomic mass is 15.0. The fourth-order valence-electron chi connectivity index (χ4n) is 5.33. The summed E-state index contributed by atoms with van der Waals surface area (Å²) in [6.45, 7) is 6.55. The number of nitrogens with zero attached hydrogens (tertiary/aromatic N) is 3. The number of benzene rings is 4. The van der Waals surface area contributed by atoms with Crippen LogP contribution in [0.25, 0.3) is 54.7 Å². The minimum atomic E-state index is 0.983. The van der Waals surface area contributed by atoms with Crippen molar-refractivity contribution in [3.63, 3.8) is 0 Å². The third-order valence-electron chi connectivity index (χ3n) is 6.51. The van der Waals surface area contributed by atoms with E-state index in [0.29, 0.717) is 0 Å². The summed E-state index contributed by atoms with van der Waals surface area (Å²) in [5, 5.41) is 6.26. The molecular formula is C28H23N3. The van der Waals surface area contributed by atoms with Crippen LogP contribution in [0.15, 0.2) is 67.0 Å². The third-order valence-corrected chi connectivity index (χ3v) is 6.51. The molecule has 0 fully saturated rings. The SMILES string of the molecule is Cc1cc(C)c2c(C)cc(-c3ncnc4c5ccc6ccccc6c5n(C)c34)cc2c1. The molecule has 0 bridgehead atoms. The number of hydrogen-bond acceptors (Lipinski definition) is 2. The van der Waals surface area contributed by atoms with Gasteiger partial charge >= 0.3 is 0 Å². The van der Waals surface area contributed by atoms with Gasteiger partial charge < -0.3 is 4.57 Å². The monoisotopic (exact) mass is 401 g/mol. The minimum absolute atomic E-state index is 0.983. The Balaban J connectivity index is 1.74. The molecule has 0 aliphatic heterocycles. The first-order chi connectivity index (χ1) is 15.0. The van der Waals surface area contributed by atoms with E-state index < -0.39 is 0 Å². The van der Waals surface area contributed by atoms with E-state index in [0.717, 1.165) is 22.3 Å². The molecule has 0 radical (unpaired) electrons. The standard InChI is InChI=1S/C28H23N3/c1-16-11-17(2)24-18(3)13-21(14-20(24)12-16)25-28-26(30-15-29-25)23-10-9-19-7-5-6-8-22(19)27(23)31(28)4/h5-15H,1-4H3. The average molecular weight is 402 g/mol. The molecule has 2 heterocycles. The maximum atomic E-state index is 4.77. The van der Waals surface area contributed by atoms with Gasteiger partial charge in [0.25, 0.3) is 0 Å². The Bertz CT molecular complexity index is 1670. The van der Waals surface area contributed by atoms with Crippen molar-refractivity contribution in [3.05, 3.63) is 83.7 Å². The quantitative estimate of drug-likeness (QED) is 0.296. The van der Waals surface area contributed by atoms with Gasteiger partial charge in [-0.05, 0) is 66.3 Å². The van der Waals surface area contributed by atoms with Gasteiger partial charge in [0.1, 0.15) is 11.8 Å². The lowest BCUT2D eigenvalue weighted by atomic mass is 9.95. The maximum Gasteiger partial charge on any atom is 0.116 e. The van der Waals surface area contributed by atoms with Crippen molar-refractivity contribution >= 4 is 43.5 Å². The zero-order chi connectivity index (χ0) is 21.3. The number of fused-ring (bicyclic) bond motifs is 6. The van der Waals surface area contributed by atoms with Gasteiger partial charge in [0.05, 0.1) is 16.7 Å². The number of aryl methyl sites for hydroxylation is 4. The van der Waals surface area contributed by atoms with E-state index in [2.05, 4.69) is 93.0 Å². The summed E-state index contributed by atoms with van der Waals surface area (Å²) in [6.07, 6.45) is 1.70. The summed E-state index contributed by atoms with van der Waals surface area (Å²) >= 11 is 0. The highest BCUT2D eigenvalue weighted by Crippen LogP contribution is 2.37. The highest BCUT2D eigenvalue weighted by Gasteiger charge is 2.18. The molecule has 3 heteroatoms. The molecule has 0 unspecified atom stereocenters. The summed E-state index contributed by atoms with van der Waals surface area (Å²) in [6, 6.07) is 22.0. The normalized spacial score (nSPS) is 11.9. The lowest BCUT2D eigenvalue weighted by molar-refractivity contribution is 1.01. The van der Waals surface area contributed by atoms with Crippen molar-refractivity contribution in [1.29, 1.82) is 0 Å². The largest absolute Gasteiger partial charge is 0.340 e. The zero-order valence-corrected chi connectivity index (χ0v) is 18.2. The summed E-state index contributed by atoms with van der Waals surface area (Å²) in [7, 11) is 2.13. The van der Waals surface area contributed by atoms with Gasteiger partial charge in [0.2, 0.25) is 0 Å². The van der Waals surface area contributed by atoms with E-state index in [1.165, 1.54) is 49.1 Å². The Morgan fingerprint density at radius 1 is 0.710 bits per heavy atom. The van der Waals surface area contributed by atoms with Crippen molar-refractivity contribution in [2.45, 2.75) is 20.8 Å². The highest BCUT2D eigenvalue weighted by molar-refractivity contribution is 6.18. The first kappa shape index (κ1) is 18.1. The van der Waals surface area contributed by atoms with Crippen LogP contribution in [0, 0.1) is 20.8 Å². The van der Waals surface area contributed by atoms with Gasteiger partial charge in [0.15, 0.2) is 0 Å². The first-order valence-corrected chi connectivity index (χ1v) is 10.7. The fraction of sp³-hybridized carbons (Fsp3) is 0.143. The smallest absolute Gasteiger partial charge is 0.116 e. The van der Waals surface area contributed by atoms with Crippen LogP contribution in [-0.4, -0.2) is 14.5 Å². The molecule has 4 aromatic carbocycles. The molecule has 0 atom stereocenters. The third kappa shape index (κ3) is 2.53. The van der Waals surface area contributed by atoms with E-state index in [1.807, 2.05) is 0 Å². The molecule has 0 amide bonds. The van der Waals surface area contributed by atoms with Gasteiger partial charge in [0, 0.05) is 23.4 Å². The summed E-state index contributed by atoms with van der Waals surface area (Å²) in [5.41, 5.74) is 9.30. The van der Waals surface area contributed by atoms with E-state index in [1.54, 1.807) is 6.33 Å². The van der Waals surface area contributed by atoms with Crippen molar-refractivity contribution < 1.29 is 0 Å². The maximum absolute atomic E-state index is 4.77. The van der Waals surface area contributed by atoms with Gasteiger partial charge in [-0.2, -0.15) is 0 Å². The second-order valence-corrected chi connectivity index (χ2v) is 8.63. The first-order valence-electron chi connectivity index (χ1n) is 10.7. The molecule has 6 rings (SSSR count). The molecule has 0 saturated heterocycles. The van der Waals surface area contributed by atoms with Crippen LogP contribution >= 0.6 is 0 Å². The summed E-state index contributed by atoms with van der Waals surface area (Å²) in [4.78, 5) is 9.48. The molecule has 0 saturated carbocycles. The van der Waals surface area contributed by atoms with E-state index in [9.17, 15) is 0 Å². The number of hydrogen-bond donors (Lipinski definition) is 0. The summed E-state index contributed by atoms with van der Waals surface area (Å²) in [5.74, 6) is 0. The average Bonchev–Trinajstić information content (AvgIpc) is 3.05. The molecule has 2 aromatic heterocycles. The van der Waals surface area contributed by atoms with E-state index >= 15 is 0 Å². The summed E-state index contributed by atoms with van der Waals surface area (Å²) < 4.78 is 2.27. The predicted molar refractivity (Wildman–Crippen MR) is 131 cm³/mol. The van der Waals surface area contributed by atoms with E-state index in [-0.39, 0.29) is 0 Å². The molecule has 150 valence electrons. The van der Waals surface area contributed by atoms with Crippen LogP contribution in [0.3, 0.4) is 0 Å². The van der Waals surface area contributed by atoms with Gasteiger partial charge in [-0.1, -0.05) is 48.0 Å². The molecule has 0 spiro atoms. The van der Waals surface area contributed by atoms with Crippen LogP contribution in [0.2, 0.25) is 0 Å². The minimum Gasteiger partial charge on any atom is -0.340 e. The molecule has 3 nitrogen and oxygen atoms in total. The van der Waals surface area contributed by atoms with Crippen molar-refractivity contribution in [3.8, 4) is 11.3 Å². The van der Waals surface area contributed by atoms with Crippen LogP contribution in [-0.2, 0) is 7.05 Å². The van der Waals surface area contributed by atoms with Crippen molar-refractivity contribution in [2.24, 2.45) is 7.05 Å². The van der Waals surface area contributed by atoms with Crippen LogP contribution < -0.4 is 0 Å². The molecule has 0 aliphatic rings. The van der Waals surface area contributed by atoms with Crippen LogP contribution in [0.1, 0.15) is 16.7 Å². The van der Waals surface area contributed by atoms with Crippen LogP contribution in [0.5, 0.6) is 0 Å².